The summed E-state index contributed by atoms with van der Waals surface area (Å²) in [6.45, 7) is 5.92. The third-order valence-corrected chi connectivity index (χ3v) is 2.80. The lowest BCUT2D eigenvalue weighted by Crippen LogP contribution is -2.48. The lowest BCUT2D eigenvalue weighted by molar-refractivity contribution is -0.123. The summed E-state index contributed by atoms with van der Waals surface area (Å²) >= 11 is 0. The topological polar surface area (TPSA) is 58.4 Å². The van der Waals surface area contributed by atoms with Crippen LogP contribution in [0.1, 0.15) is 33.1 Å². The molecule has 0 aromatic rings. The number of carbonyl (C=O) groups excluding carboxylic acids is 1. The van der Waals surface area contributed by atoms with Gasteiger partial charge in [0, 0.05) is 25.2 Å². The second kappa shape index (κ2) is 6.08. The molecule has 0 aliphatic heterocycles. The molecule has 0 aromatic heterocycles. The van der Waals surface area contributed by atoms with Crippen LogP contribution in [0.2, 0.25) is 0 Å². The fourth-order valence-electron chi connectivity index (χ4n) is 1.86. The van der Waals surface area contributed by atoms with E-state index in [4.69, 9.17) is 5.73 Å². The summed E-state index contributed by atoms with van der Waals surface area (Å²) in [4.78, 5) is 13.8. The van der Waals surface area contributed by atoms with Crippen LogP contribution in [0.25, 0.3) is 0 Å². The Morgan fingerprint density at radius 1 is 1.53 bits per heavy atom. The van der Waals surface area contributed by atoms with Gasteiger partial charge < -0.3 is 11.1 Å². The highest BCUT2D eigenvalue weighted by Crippen LogP contribution is 2.23. The number of hydrogen-bond acceptors (Lipinski definition) is 3. The molecule has 0 saturated heterocycles. The molecule has 4 nitrogen and oxygen atoms in total. The molecule has 15 heavy (non-hydrogen) atoms. The molecule has 4 heteroatoms. The normalized spacial score (nSPS) is 16.9. The minimum absolute atomic E-state index is 0.116. The van der Waals surface area contributed by atoms with E-state index in [0.717, 1.165) is 6.54 Å². The highest BCUT2D eigenvalue weighted by atomic mass is 16.2. The summed E-state index contributed by atoms with van der Waals surface area (Å²) in [5, 5.41) is 2.91. The van der Waals surface area contributed by atoms with E-state index in [1.54, 1.807) is 0 Å². The second-order valence-electron chi connectivity index (χ2n) is 4.57. The van der Waals surface area contributed by atoms with Crippen LogP contribution in [0.4, 0.5) is 0 Å². The summed E-state index contributed by atoms with van der Waals surface area (Å²) in [5.41, 5.74) is 5.55. The Labute approximate surface area is 92.2 Å². The van der Waals surface area contributed by atoms with E-state index in [9.17, 15) is 4.79 Å². The molecule has 1 rings (SSSR count). The van der Waals surface area contributed by atoms with Gasteiger partial charge in [0.25, 0.3) is 0 Å². The van der Waals surface area contributed by atoms with Gasteiger partial charge >= 0.3 is 0 Å². The average molecular weight is 213 g/mol. The summed E-state index contributed by atoms with van der Waals surface area (Å²) < 4.78 is 0. The van der Waals surface area contributed by atoms with Crippen LogP contribution in [-0.2, 0) is 4.79 Å². The highest BCUT2D eigenvalue weighted by Gasteiger charge is 2.25. The summed E-state index contributed by atoms with van der Waals surface area (Å²) in [6, 6.07) is 0.810. The van der Waals surface area contributed by atoms with Crippen molar-refractivity contribution >= 4 is 5.91 Å². The molecule has 1 amide bonds. The lowest BCUT2D eigenvalue weighted by atomic mass is 9.91. The molecule has 1 saturated carbocycles. The van der Waals surface area contributed by atoms with Crippen LogP contribution in [0.3, 0.4) is 0 Å². The van der Waals surface area contributed by atoms with Crippen LogP contribution in [0.5, 0.6) is 0 Å². The van der Waals surface area contributed by atoms with Gasteiger partial charge in [-0.15, -0.1) is 0 Å². The Bertz CT molecular complexity index is 202. The molecule has 1 fully saturated rings. The highest BCUT2D eigenvalue weighted by molar-refractivity contribution is 5.78. The minimum atomic E-state index is 0.116. The van der Waals surface area contributed by atoms with Gasteiger partial charge in [0.15, 0.2) is 0 Å². The van der Waals surface area contributed by atoms with Crippen molar-refractivity contribution in [3.05, 3.63) is 0 Å². The number of nitrogens with two attached hydrogens (primary N) is 1. The van der Waals surface area contributed by atoms with Gasteiger partial charge in [-0.2, -0.15) is 0 Å². The van der Waals surface area contributed by atoms with E-state index in [-0.39, 0.29) is 11.9 Å². The number of hydrogen-bond donors (Lipinski definition) is 2. The van der Waals surface area contributed by atoms with Gasteiger partial charge in [0.1, 0.15) is 0 Å². The molecule has 0 atom stereocenters. The van der Waals surface area contributed by atoms with Gasteiger partial charge in [0.05, 0.1) is 6.54 Å². The minimum Gasteiger partial charge on any atom is -0.353 e. The number of nitrogens with zero attached hydrogens (tertiary/aromatic N) is 1. The average Bonchev–Trinajstić information content (AvgIpc) is 1.98. The molecule has 1 aliphatic rings. The first-order valence-corrected chi connectivity index (χ1v) is 5.87. The van der Waals surface area contributed by atoms with Crippen molar-refractivity contribution in [2.75, 3.05) is 19.6 Å². The molecule has 0 radical (unpaired) electrons. The molecule has 0 unspecified atom stereocenters. The quantitative estimate of drug-likeness (QED) is 0.668. The number of rotatable bonds is 6. The number of carbonyl (C=O) groups is 1. The van der Waals surface area contributed by atoms with E-state index in [1.807, 2.05) is 13.8 Å². The molecule has 1 aliphatic carbocycles. The first kappa shape index (κ1) is 12.5. The van der Waals surface area contributed by atoms with Crippen molar-refractivity contribution in [1.29, 1.82) is 0 Å². The van der Waals surface area contributed by atoms with Crippen molar-refractivity contribution in [2.24, 2.45) is 5.73 Å². The summed E-state index contributed by atoms with van der Waals surface area (Å²) in [5.74, 6) is 0.116. The van der Waals surface area contributed by atoms with Gasteiger partial charge in [-0.05, 0) is 26.7 Å². The maximum absolute atomic E-state index is 11.6. The van der Waals surface area contributed by atoms with E-state index in [1.165, 1.54) is 19.3 Å². The Morgan fingerprint density at radius 3 is 2.60 bits per heavy atom. The zero-order valence-electron chi connectivity index (χ0n) is 9.83. The predicted octanol–water partition coefficient (Wildman–Crippen LogP) is 0.324. The van der Waals surface area contributed by atoms with Gasteiger partial charge in [0.2, 0.25) is 5.91 Å². The molecule has 0 bridgehead atoms. The molecule has 3 N–H and O–H groups in total. The standard InChI is InChI=1S/C11H23N3O/c1-9(2)13-11(15)8-14(7-6-12)10-4-3-5-10/h9-10H,3-8,12H2,1-2H3,(H,13,15). The van der Waals surface area contributed by atoms with Gasteiger partial charge in [-0.1, -0.05) is 6.42 Å². The lowest BCUT2D eigenvalue weighted by Gasteiger charge is -2.37. The molecule has 0 heterocycles. The maximum Gasteiger partial charge on any atom is 0.234 e. The van der Waals surface area contributed by atoms with Gasteiger partial charge in [-0.3, -0.25) is 9.69 Å². The monoisotopic (exact) mass is 213 g/mol. The Hall–Kier alpha value is -0.610. The van der Waals surface area contributed by atoms with Crippen molar-refractivity contribution < 1.29 is 4.79 Å². The third-order valence-electron chi connectivity index (χ3n) is 2.80. The van der Waals surface area contributed by atoms with Crippen molar-refractivity contribution in [3.63, 3.8) is 0 Å². The van der Waals surface area contributed by atoms with Crippen LogP contribution >= 0.6 is 0 Å². The second-order valence-corrected chi connectivity index (χ2v) is 4.57. The maximum atomic E-state index is 11.6. The Kier molecular flexibility index (Phi) is 5.05. The zero-order valence-corrected chi connectivity index (χ0v) is 9.83. The number of amides is 1. The summed E-state index contributed by atoms with van der Waals surface area (Å²) in [6.07, 6.45) is 3.72. The smallest absolute Gasteiger partial charge is 0.234 e. The Morgan fingerprint density at radius 2 is 2.20 bits per heavy atom. The van der Waals surface area contributed by atoms with Crippen LogP contribution in [-0.4, -0.2) is 42.5 Å². The van der Waals surface area contributed by atoms with E-state index in [2.05, 4.69) is 10.2 Å². The van der Waals surface area contributed by atoms with Crippen molar-refractivity contribution in [3.8, 4) is 0 Å². The molecular formula is C11H23N3O. The van der Waals surface area contributed by atoms with E-state index < -0.39 is 0 Å². The SMILES string of the molecule is CC(C)NC(=O)CN(CCN)C1CCC1. The molecule has 0 aromatic carbocycles. The van der Waals surface area contributed by atoms with Crippen molar-refractivity contribution in [1.82, 2.24) is 10.2 Å². The zero-order chi connectivity index (χ0) is 11.3. The largest absolute Gasteiger partial charge is 0.353 e. The van der Waals surface area contributed by atoms with E-state index in [0.29, 0.717) is 19.1 Å². The van der Waals surface area contributed by atoms with Gasteiger partial charge in [-0.25, -0.2) is 0 Å². The molecule has 0 spiro atoms. The fraction of sp³-hybridized carbons (Fsp3) is 0.909. The number of nitrogens with one attached hydrogen (secondary N) is 1. The molecular weight excluding hydrogens is 190 g/mol. The van der Waals surface area contributed by atoms with Crippen LogP contribution < -0.4 is 11.1 Å². The fourth-order valence-corrected chi connectivity index (χ4v) is 1.86. The third kappa shape index (κ3) is 4.18. The van der Waals surface area contributed by atoms with Crippen LogP contribution in [0.15, 0.2) is 0 Å². The molecule has 88 valence electrons. The predicted molar refractivity (Wildman–Crippen MR) is 61.5 cm³/mol. The summed E-state index contributed by atoms with van der Waals surface area (Å²) in [7, 11) is 0. The van der Waals surface area contributed by atoms with E-state index >= 15 is 0 Å². The first-order valence-electron chi connectivity index (χ1n) is 5.87. The first-order chi connectivity index (χ1) is 7.13. The van der Waals surface area contributed by atoms with Crippen LogP contribution in [0, 0.1) is 0 Å². The van der Waals surface area contributed by atoms with Crippen molar-refractivity contribution in [2.45, 2.75) is 45.2 Å². The Balaban J connectivity index is 2.32.